The molecule has 7 heteroatoms. The molecule has 4 aromatic rings. The highest BCUT2D eigenvalue weighted by Crippen LogP contribution is 2.29. The molecule has 5 rings (SSSR count). The molecule has 0 aliphatic carbocycles. The van der Waals surface area contributed by atoms with Crippen LogP contribution in [0.25, 0.3) is 16.8 Å². The predicted octanol–water partition coefficient (Wildman–Crippen LogP) is 6.05. The molecule has 1 heterocycles. The van der Waals surface area contributed by atoms with Gasteiger partial charge in [-0.25, -0.2) is 9.69 Å². The van der Waals surface area contributed by atoms with Crippen molar-refractivity contribution < 1.29 is 19.1 Å². The fourth-order valence-corrected chi connectivity index (χ4v) is 4.33. The zero-order valence-electron chi connectivity index (χ0n) is 19.3. The number of imide groups is 2. The maximum atomic E-state index is 13.3. The number of carbonyl (C=O) groups excluding carboxylic acids is 3. The van der Waals surface area contributed by atoms with Crippen LogP contribution in [0.4, 0.5) is 10.5 Å². The quantitative estimate of drug-likeness (QED) is 0.270. The number of barbiturate groups is 1. The number of aryl methyl sites for hydroxylation is 1. The number of fused-ring (bicyclic) bond motifs is 1. The van der Waals surface area contributed by atoms with E-state index in [1.54, 1.807) is 36.4 Å². The minimum atomic E-state index is -0.800. The van der Waals surface area contributed by atoms with E-state index in [-0.39, 0.29) is 12.2 Å². The van der Waals surface area contributed by atoms with Gasteiger partial charge in [0, 0.05) is 10.6 Å². The van der Waals surface area contributed by atoms with Crippen LogP contribution in [-0.4, -0.2) is 17.8 Å². The standard InChI is InChI=1S/C29H21ClN2O4/c1-18-6-4-10-23(14-18)32-28(34)25(27(33)31-29(32)35)16-21-15-22(30)12-13-26(21)36-17-20-9-5-8-19-7-2-3-11-24(19)20/h2-16H,17H2,1H3,(H,31,33,35)/b25-16+. The van der Waals surface area contributed by atoms with Gasteiger partial charge >= 0.3 is 6.03 Å². The Balaban J connectivity index is 1.49. The zero-order valence-corrected chi connectivity index (χ0v) is 20.1. The molecule has 0 radical (unpaired) electrons. The molecule has 1 saturated heterocycles. The minimum absolute atomic E-state index is 0.201. The number of benzene rings is 4. The summed E-state index contributed by atoms with van der Waals surface area (Å²) in [5.41, 5.74) is 2.47. The van der Waals surface area contributed by atoms with Crippen molar-refractivity contribution >= 4 is 52.0 Å². The van der Waals surface area contributed by atoms with Crippen LogP contribution in [0.15, 0.2) is 90.5 Å². The van der Waals surface area contributed by atoms with Gasteiger partial charge in [0.05, 0.1) is 5.69 Å². The Bertz CT molecular complexity index is 1550. The lowest BCUT2D eigenvalue weighted by Crippen LogP contribution is -2.54. The molecule has 0 bridgehead atoms. The van der Waals surface area contributed by atoms with Crippen LogP contribution in [-0.2, 0) is 16.2 Å². The Labute approximate surface area is 212 Å². The first-order valence-electron chi connectivity index (χ1n) is 11.3. The average Bonchev–Trinajstić information content (AvgIpc) is 2.86. The average molecular weight is 497 g/mol. The van der Waals surface area contributed by atoms with E-state index in [2.05, 4.69) is 5.32 Å². The summed E-state index contributed by atoms with van der Waals surface area (Å²) in [6.45, 7) is 2.12. The topological polar surface area (TPSA) is 75.7 Å². The maximum absolute atomic E-state index is 13.3. The number of halogens is 1. The Kier molecular flexibility index (Phi) is 6.27. The van der Waals surface area contributed by atoms with Gasteiger partial charge in [-0.2, -0.15) is 0 Å². The second-order valence-corrected chi connectivity index (χ2v) is 8.84. The molecule has 178 valence electrons. The summed E-state index contributed by atoms with van der Waals surface area (Å²) in [5.74, 6) is -1.07. The largest absolute Gasteiger partial charge is 0.488 e. The van der Waals surface area contributed by atoms with Crippen LogP contribution in [0.2, 0.25) is 5.02 Å². The van der Waals surface area contributed by atoms with Crippen molar-refractivity contribution in [1.29, 1.82) is 0 Å². The first kappa shape index (κ1) is 23.3. The number of nitrogens with zero attached hydrogens (tertiary/aromatic N) is 1. The lowest BCUT2D eigenvalue weighted by atomic mass is 10.0. The molecule has 4 amide bonds. The van der Waals surface area contributed by atoms with Gasteiger partial charge < -0.3 is 4.74 Å². The molecule has 1 aliphatic rings. The van der Waals surface area contributed by atoms with Gasteiger partial charge in [-0.15, -0.1) is 0 Å². The molecule has 0 unspecified atom stereocenters. The number of hydrogen-bond acceptors (Lipinski definition) is 4. The van der Waals surface area contributed by atoms with Crippen molar-refractivity contribution in [3.63, 3.8) is 0 Å². The molecule has 1 N–H and O–H groups in total. The summed E-state index contributed by atoms with van der Waals surface area (Å²) in [7, 11) is 0. The van der Waals surface area contributed by atoms with Gasteiger partial charge in [0.25, 0.3) is 11.8 Å². The molecule has 1 fully saturated rings. The Morgan fingerprint density at radius 1 is 0.917 bits per heavy atom. The van der Waals surface area contributed by atoms with Crippen LogP contribution in [0, 0.1) is 6.92 Å². The number of nitrogens with one attached hydrogen (secondary N) is 1. The van der Waals surface area contributed by atoms with E-state index in [1.165, 1.54) is 6.08 Å². The number of amides is 4. The number of hydrogen-bond donors (Lipinski definition) is 1. The molecule has 1 aliphatic heterocycles. The highest BCUT2D eigenvalue weighted by molar-refractivity contribution is 6.39. The summed E-state index contributed by atoms with van der Waals surface area (Å²) in [5, 5.41) is 4.83. The number of ether oxygens (including phenoxy) is 1. The van der Waals surface area contributed by atoms with Gasteiger partial charge in [0.2, 0.25) is 0 Å². The van der Waals surface area contributed by atoms with Crippen LogP contribution >= 0.6 is 11.6 Å². The fourth-order valence-electron chi connectivity index (χ4n) is 4.15. The van der Waals surface area contributed by atoms with Gasteiger partial charge in [0.1, 0.15) is 17.9 Å². The first-order valence-corrected chi connectivity index (χ1v) is 11.7. The molecule has 6 nitrogen and oxygen atoms in total. The normalized spacial score (nSPS) is 14.9. The van der Waals surface area contributed by atoms with E-state index in [0.29, 0.717) is 22.0 Å². The molecule has 0 aromatic heterocycles. The minimum Gasteiger partial charge on any atom is -0.488 e. The van der Waals surface area contributed by atoms with Gasteiger partial charge in [-0.1, -0.05) is 66.2 Å². The fraction of sp³-hybridized carbons (Fsp3) is 0.0690. The summed E-state index contributed by atoms with van der Waals surface area (Å²) >= 11 is 6.23. The highest BCUT2D eigenvalue weighted by Gasteiger charge is 2.37. The zero-order chi connectivity index (χ0) is 25.2. The molecule has 36 heavy (non-hydrogen) atoms. The monoisotopic (exact) mass is 496 g/mol. The van der Waals surface area contributed by atoms with Gasteiger partial charge in [0.15, 0.2) is 0 Å². The first-order chi connectivity index (χ1) is 17.4. The third-order valence-corrected chi connectivity index (χ3v) is 6.13. The number of carbonyl (C=O) groups is 3. The van der Waals surface area contributed by atoms with Gasteiger partial charge in [-0.05, 0) is 65.2 Å². The lowest BCUT2D eigenvalue weighted by molar-refractivity contribution is -0.122. The lowest BCUT2D eigenvalue weighted by Gasteiger charge is -2.26. The summed E-state index contributed by atoms with van der Waals surface area (Å²) < 4.78 is 6.12. The Morgan fingerprint density at radius 2 is 1.69 bits per heavy atom. The number of rotatable bonds is 5. The van der Waals surface area contributed by atoms with Crippen molar-refractivity contribution in [3.8, 4) is 5.75 Å². The van der Waals surface area contributed by atoms with E-state index in [0.717, 1.165) is 26.8 Å². The second kappa shape index (κ2) is 9.68. The van der Waals surface area contributed by atoms with Crippen LogP contribution in [0.1, 0.15) is 16.7 Å². The molecule has 0 atom stereocenters. The van der Waals surface area contributed by atoms with Crippen LogP contribution < -0.4 is 15.0 Å². The smallest absolute Gasteiger partial charge is 0.335 e. The molecule has 0 saturated carbocycles. The molecule has 4 aromatic carbocycles. The van der Waals surface area contributed by atoms with Crippen molar-refractivity contribution in [2.75, 3.05) is 4.90 Å². The third-order valence-electron chi connectivity index (χ3n) is 5.90. The van der Waals surface area contributed by atoms with E-state index < -0.39 is 17.8 Å². The molecule has 0 spiro atoms. The van der Waals surface area contributed by atoms with Crippen LogP contribution in [0.5, 0.6) is 5.75 Å². The van der Waals surface area contributed by atoms with Crippen LogP contribution in [0.3, 0.4) is 0 Å². The van der Waals surface area contributed by atoms with Crippen molar-refractivity contribution in [2.24, 2.45) is 0 Å². The van der Waals surface area contributed by atoms with Crippen molar-refractivity contribution in [3.05, 3.63) is 112 Å². The summed E-state index contributed by atoms with van der Waals surface area (Å²) in [6.07, 6.45) is 1.40. The highest BCUT2D eigenvalue weighted by atomic mass is 35.5. The van der Waals surface area contributed by atoms with E-state index in [9.17, 15) is 14.4 Å². The van der Waals surface area contributed by atoms with Crippen molar-refractivity contribution in [1.82, 2.24) is 5.32 Å². The Hall–Kier alpha value is -4.42. The molecular formula is C29H21ClN2O4. The maximum Gasteiger partial charge on any atom is 0.335 e. The van der Waals surface area contributed by atoms with E-state index in [4.69, 9.17) is 16.3 Å². The van der Waals surface area contributed by atoms with E-state index in [1.807, 2.05) is 55.5 Å². The predicted molar refractivity (Wildman–Crippen MR) is 140 cm³/mol. The summed E-state index contributed by atoms with van der Waals surface area (Å²) in [4.78, 5) is 39.4. The van der Waals surface area contributed by atoms with Gasteiger partial charge in [-0.3, -0.25) is 14.9 Å². The van der Waals surface area contributed by atoms with E-state index >= 15 is 0 Å². The number of urea groups is 1. The molecular weight excluding hydrogens is 476 g/mol. The second-order valence-electron chi connectivity index (χ2n) is 8.41. The third kappa shape index (κ3) is 4.59. The van der Waals surface area contributed by atoms with Crippen molar-refractivity contribution in [2.45, 2.75) is 13.5 Å². The number of anilines is 1. The summed E-state index contributed by atoms with van der Waals surface area (Å²) in [6, 6.07) is 25.1. The Morgan fingerprint density at radius 3 is 2.53 bits per heavy atom. The SMILES string of the molecule is Cc1cccc(N2C(=O)NC(=O)/C(=C\c3cc(Cl)ccc3OCc3cccc4ccccc34)C2=O)c1.